The van der Waals surface area contributed by atoms with E-state index in [-0.39, 0.29) is 24.9 Å². The number of nitrogens with one attached hydrogen (secondary N) is 1. The van der Waals surface area contributed by atoms with Gasteiger partial charge in [0, 0.05) is 26.1 Å². The summed E-state index contributed by atoms with van der Waals surface area (Å²) in [6, 6.07) is 0. The van der Waals surface area contributed by atoms with Crippen LogP contribution in [0.25, 0.3) is 0 Å². The Kier molecular flexibility index (Phi) is 7.94. The molecule has 0 aromatic heterocycles. The molecule has 0 aliphatic carbocycles. The van der Waals surface area contributed by atoms with Gasteiger partial charge in [-0.3, -0.25) is 9.59 Å². The Morgan fingerprint density at radius 2 is 2.00 bits per heavy atom. The largest absolute Gasteiger partial charge is 0.406 e. The molecule has 0 spiro atoms. The van der Waals surface area contributed by atoms with Crippen molar-refractivity contribution >= 4 is 11.8 Å². The van der Waals surface area contributed by atoms with Gasteiger partial charge in [0.2, 0.25) is 11.8 Å². The quantitative estimate of drug-likeness (QED) is 0.757. The standard InChI is InChI=1S/C19H32F3N3O2/c1-3-24(13-19(20,21)22)18(27)16-7-5-9-25(12-16)17(26)10-14(2)15-6-4-8-23-11-15/h14-16,23H,3-13H2,1-2H3. The van der Waals surface area contributed by atoms with E-state index in [1.165, 1.54) is 0 Å². The molecule has 1 N–H and O–H groups in total. The van der Waals surface area contributed by atoms with Crippen molar-refractivity contribution in [2.24, 2.45) is 17.8 Å². The lowest BCUT2D eigenvalue weighted by atomic mass is 9.85. The molecule has 3 atom stereocenters. The second-order valence-electron chi connectivity index (χ2n) is 7.93. The van der Waals surface area contributed by atoms with Crippen LogP contribution in [0, 0.1) is 17.8 Å². The molecule has 3 unspecified atom stereocenters. The second-order valence-corrected chi connectivity index (χ2v) is 7.93. The summed E-state index contributed by atoms with van der Waals surface area (Å²) in [6.07, 6.45) is -0.530. The average molecular weight is 391 g/mol. The highest BCUT2D eigenvalue weighted by Gasteiger charge is 2.37. The number of nitrogens with zero attached hydrogens (tertiary/aromatic N) is 2. The van der Waals surface area contributed by atoms with Crippen LogP contribution in [0.15, 0.2) is 0 Å². The van der Waals surface area contributed by atoms with E-state index in [9.17, 15) is 22.8 Å². The van der Waals surface area contributed by atoms with Crippen molar-refractivity contribution in [1.82, 2.24) is 15.1 Å². The van der Waals surface area contributed by atoms with Crippen molar-refractivity contribution in [3.8, 4) is 0 Å². The highest BCUT2D eigenvalue weighted by molar-refractivity contribution is 5.81. The van der Waals surface area contributed by atoms with Crippen molar-refractivity contribution in [1.29, 1.82) is 0 Å². The molecule has 0 bridgehead atoms. The average Bonchev–Trinajstić information content (AvgIpc) is 2.65. The Morgan fingerprint density at radius 1 is 1.26 bits per heavy atom. The number of amides is 2. The third-order valence-electron chi connectivity index (χ3n) is 5.82. The zero-order valence-corrected chi connectivity index (χ0v) is 16.4. The maximum Gasteiger partial charge on any atom is 0.406 e. The SMILES string of the molecule is CCN(CC(F)(F)F)C(=O)C1CCCN(C(=O)CC(C)C2CCCNC2)C1. The fourth-order valence-electron chi connectivity index (χ4n) is 4.16. The number of carbonyl (C=O) groups is 2. The maximum absolute atomic E-state index is 12.7. The van der Waals surface area contributed by atoms with Crippen molar-refractivity contribution < 1.29 is 22.8 Å². The van der Waals surface area contributed by atoms with Crippen LogP contribution in [-0.2, 0) is 9.59 Å². The second kappa shape index (κ2) is 9.75. The summed E-state index contributed by atoms with van der Waals surface area (Å²) < 4.78 is 38.0. The van der Waals surface area contributed by atoms with Gasteiger partial charge in [-0.2, -0.15) is 13.2 Å². The molecular formula is C19H32F3N3O2. The lowest BCUT2D eigenvalue weighted by Gasteiger charge is -2.36. The third kappa shape index (κ3) is 6.66. The van der Waals surface area contributed by atoms with Crippen LogP contribution in [0.5, 0.6) is 0 Å². The number of hydrogen-bond donors (Lipinski definition) is 1. The summed E-state index contributed by atoms with van der Waals surface area (Å²) in [5.41, 5.74) is 0. The van der Waals surface area contributed by atoms with Crippen molar-refractivity contribution in [2.45, 2.75) is 52.1 Å². The Balaban J connectivity index is 1.89. The summed E-state index contributed by atoms with van der Waals surface area (Å²) in [7, 11) is 0. The van der Waals surface area contributed by atoms with E-state index >= 15 is 0 Å². The first-order chi connectivity index (χ1) is 12.7. The molecule has 2 aliphatic heterocycles. The molecule has 2 fully saturated rings. The zero-order valence-electron chi connectivity index (χ0n) is 16.4. The Bertz CT molecular complexity index is 507. The fraction of sp³-hybridized carbons (Fsp3) is 0.895. The minimum atomic E-state index is -4.40. The monoisotopic (exact) mass is 391 g/mol. The van der Waals surface area contributed by atoms with Crippen LogP contribution < -0.4 is 5.32 Å². The molecule has 156 valence electrons. The number of likely N-dealkylation sites (tertiary alicyclic amines) is 1. The molecule has 0 aromatic carbocycles. The number of halogens is 3. The molecule has 2 aliphatic rings. The van der Waals surface area contributed by atoms with E-state index in [0.717, 1.165) is 30.8 Å². The first kappa shape index (κ1) is 22.0. The minimum Gasteiger partial charge on any atom is -0.342 e. The van der Waals surface area contributed by atoms with E-state index < -0.39 is 24.5 Å². The number of carbonyl (C=O) groups excluding carboxylic acids is 2. The van der Waals surface area contributed by atoms with Crippen LogP contribution in [0.2, 0.25) is 0 Å². The summed E-state index contributed by atoms with van der Waals surface area (Å²) in [5.74, 6) is -0.260. The first-order valence-corrected chi connectivity index (χ1v) is 10.0. The first-order valence-electron chi connectivity index (χ1n) is 10.0. The smallest absolute Gasteiger partial charge is 0.342 e. The van der Waals surface area contributed by atoms with Crippen molar-refractivity contribution in [3.05, 3.63) is 0 Å². The van der Waals surface area contributed by atoms with Gasteiger partial charge in [-0.25, -0.2) is 0 Å². The fourth-order valence-corrected chi connectivity index (χ4v) is 4.16. The van der Waals surface area contributed by atoms with Gasteiger partial charge in [-0.1, -0.05) is 6.92 Å². The molecule has 2 heterocycles. The molecular weight excluding hydrogens is 359 g/mol. The molecule has 2 saturated heterocycles. The van der Waals surface area contributed by atoms with Crippen molar-refractivity contribution in [2.75, 3.05) is 39.3 Å². The molecule has 8 heteroatoms. The topological polar surface area (TPSA) is 52.7 Å². The van der Waals surface area contributed by atoms with Crippen LogP contribution in [0.1, 0.15) is 46.0 Å². The number of hydrogen-bond acceptors (Lipinski definition) is 3. The molecule has 27 heavy (non-hydrogen) atoms. The van der Waals surface area contributed by atoms with Gasteiger partial charge in [-0.05, 0) is 57.5 Å². The van der Waals surface area contributed by atoms with Gasteiger partial charge < -0.3 is 15.1 Å². The van der Waals surface area contributed by atoms with Crippen LogP contribution in [0.4, 0.5) is 13.2 Å². The van der Waals surface area contributed by atoms with Gasteiger partial charge in [0.15, 0.2) is 0 Å². The predicted molar refractivity (Wildman–Crippen MR) is 97.0 cm³/mol. The molecule has 0 aromatic rings. The summed E-state index contributed by atoms with van der Waals surface area (Å²) in [5, 5.41) is 3.36. The summed E-state index contributed by atoms with van der Waals surface area (Å²) in [6.45, 7) is 5.22. The molecule has 2 amide bonds. The normalized spacial score (nSPS) is 25.1. The van der Waals surface area contributed by atoms with Gasteiger partial charge in [-0.15, -0.1) is 0 Å². The number of rotatable bonds is 6. The van der Waals surface area contributed by atoms with Gasteiger partial charge in [0.1, 0.15) is 6.54 Å². The molecule has 0 radical (unpaired) electrons. The minimum absolute atomic E-state index is 0.0180. The summed E-state index contributed by atoms with van der Waals surface area (Å²) in [4.78, 5) is 27.7. The Labute approximate surface area is 159 Å². The van der Waals surface area contributed by atoms with Crippen LogP contribution >= 0.6 is 0 Å². The van der Waals surface area contributed by atoms with E-state index in [1.807, 2.05) is 0 Å². The van der Waals surface area contributed by atoms with Gasteiger partial charge >= 0.3 is 6.18 Å². The van der Waals surface area contributed by atoms with E-state index in [0.29, 0.717) is 31.7 Å². The third-order valence-corrected chi connectivity index (χ3v) is 5.82. The van der Waals surface area contributed by atoms with Crippen LogP contribution in [0.3, 0.4) is 0 Å². The molecule has 5 nitrogen and oxygen atoms in total. The van der Waals surface area contributed by atoms with Gasteiger partial charge in [0.05, 0.1) is 5.92 Å². The van der Waals surface area contributed by atoms with Gasteiger partial charge in [0.25, 0.3) is 0 Å². The lowest BCUT2D eigenvalue weighted by Crippen LogP contribution is -2.49. The van der Waals surface area contributed by atoms with Crippen LogP contribution in [-0.4, -0.2) is 67.1 Å². The van der Waals surface area contributed by atoms with Crippen molar-refractivity contribution in [3.63, 3.8) is 0 Å². The molecule has 0 saturated carbocycles. The van der Waals surface area contributed by atoms with E-state index in [2.05, 4.69) is 12.2 Å². The Morgan fingerprint density at radius 3 is 2.59 bits per heavy atom. The number of piperidine rings is 2. The highest BCUT2D eigenvalue weighted by Crippen LogP contribution is 2.26. The molecule has 2 rings (SSSR count). The van der Waals surface area contributed by atoms with E-state index in [1.54, 1.807) is 11.8 Å². The predicted octanol–water partition coefficient (Wildman–Crippen LogP) is 2.66. The highest BCUT2D eigenvalue weighted by atomic mass is 19.4. The summed E-state index contributed by atoms with van der Waals surface area (Å²) >= 11 is 0. The zero-order chi connectivity index (χ0) is 20.0. The number of alkyl halides is 3. The Hall–Kier alpha value is -1.31. The van der Waals surface area contributed by atoms with E-state index in [4.69, 9.17) is 0 Å². The lowest BCUT2D eigenvalue weighted by molar-refractivity contribution is -0.164. The maximum atomic E-state index is 12.7.